The minimum absolute atomic E-state index is 0.255. The first kappa shape index (κ1) is 14.9. The lowest BCUT2D eigenvalue weighted by Gasteiger charge is -2.09. The number of aromatic nitrogens is 2. The molecule has 106 valence electrons. The normalized spacial score (nSPS) is 11.4. The second-order valence-corrected chi connectivity index (χ2v) is 4.98. The van der Waals surface area contributed by atoms with E-state index in [2.05, 4.69) is 22.3 Å². The van der Waals surface area contributed by atoms with Gasteiger partial charge in [0, 0.05) is 18.8 Å². The standard InChI is InChI=1S/C12H9F3N2OS2/c13-12(14,15)18-9-3-1-8(2-4-9)7-10-16-5-6-17(10)11(19)20/h1-6H,7H2,(H,19,20). The molecule has 0 N–H and O–H groups in total. The van der Waals surface area contributed by atoms with Crippen LogP contribution >= 0.6 is 24.8 Å². The second kappa shape index (κ2) is 5.84. The summed E-state index contributed by atoms with van der Waals surface area (Å²) in [5, 5.41) is 0. The van der Waals surface area contributed by atoms with Gasteiger partial charge in [-0.25, -0.2) is 4.98 Å². The van der Waals surface area contributed by atoms with Crippen molar-refractivity contribution in [3.63, 3.8) is 0 Å². The van der Waals surface area contributed by atoms with Crippen LogP contribution in [0, 0.1) is 0 Å². The van der Waals surface area contributed by atoms with E-state index in [-0.39, 0.29) is 5.75 Å². The largest absolute Gasteiger partial charge is 0.573 e. The fourth-order valence-corrected chi connectivity index (χ4v) is 1.98. The molecule has 0 saturated carbocycles. The van der Waals surface area contributed by atoms with Crippen LogP contribution in [0.4, 0.5) is 13.2 Å². The summed E-state index contributed by atoms with van der Waals surface area (Å²) < 4.78 is 41.9. The van der Waals surface area contributed by atoms with E-state index in [1.54, 1.807) is 29.1 Å². The molecule has 0 unspecified atom stereocenters. The van der Waals surface area contributed by atoms with E-state index in [4.69, 9.17) is 12.2 Å². The molecule has 0 aliphatic carbocycles. The van der Waals surface area contributed by atoms with Crippen LogP contribution < -0.4 is 4.74 Å². The molecule has 0 atom stereocenters. The van der Waals surface area contributed by atoms with Crippen LogP contribution in [0.5, 0.6) is 5.75 Å². The maximum absolute atomic E-state index is 12.0. The Balaban J connectivity index is 2.11. The highest BCUT2D eigenvalue weighted by Crippen LogP contribution is 2.23. The Bertz CT molecular complexity index is 608. The number of rotatable bonds is 3. The Morgan fingerprint density at radius 3 is 2.50 bits per heavy atom. The topological polar surface area (TPSA) is 27.1 Å². The molecule has 20 heavy (non-hydrogen) atoms. The minimum Gasteiger partial charge on any atom is -0.406 e. The number of thiocarbonyl (C=S) groups is 1. The first-order valence-corrected chi connectivity index (χ1v) is 6.31. The molecule has 3 nitrogen and oxygen atoms in total. The summed E-state index contributed by atoms with van der Waals surface area (Å²) >= 11 is 9.00. The summed E-state index contributed by atoms with van der Waals surface area (Å²) in [6.45, 7) is 0. The number of ether oxygens (including phenoxy) is 1. The van der Waals surface area contributed by atoms with Crippen LogP contribution in [0.15, 0.2) is 36.7 Å². The molecule has 1 aromatic heterocycles. The number of halogens is 3. The van der Waals surface area contributed by atoms with Crippen LogP contribution in [0.1, 0.15) is 11.4 Å². The smallest absolute Gasteiger partial charge is 0.406 e. The Morgan fingerprint density at radius 1 is 1.30 bits per heavy atom. The van der Waals surface area contributed by atoms with Crippen molar-refractivity contribution in [1.82, 2.24) is 9.55 Å². The Kier molecular flexibility index (Phi) is 4.34. The second-order valence-electron chi connectivity index (χ2n) is 3.86. The molecular weight excluding hydrogens is 309 g/mol. The molecule has 0 spiro atoms. The van der Waals surface area contributed by atoms with E-state index in [9.17, 15) is 13.2 Å². The molecule has 1 aromatic carbocycles. The highest BCUT2D eigenvalue weighted by atomic mass is 32.1. The van der Waals surface area contributed by atoms with Crippen LogP contribution in [0.2, 0.25) is 0 Å². The molecule has 0 amide bonds. The summed E-state index contributed by atoms with van der Waals surface area (Å²) in [7, 11) is 0. The average molecular weight is 318 g/mol. The van der Waals surface area contributed by atoms with Gasteiger partial charge in [-0.3, -0.25) is 4.57 Å². The van der Waals surface area contributed by atoms with Gasteiger partial charge < -0.3 is 4.74 Å². The molecule has 0 bridgehead atoms. The first-order chi connectivity index (χ1) is 9.35. The van der Waals surface area contributed by atoms with Gasteiger partial charge in [0.15, 0.2) is 0 Å². The molecule has 1 heterocycles. The minimum atomic E-state index is -4.68. The average Bonchev–Trinajstić information content (AvgIpc) is 2.78. The summed E-state index contributed by atoms with van der Waals surface area (Å²) in [6.07, 6.45) is -0.999. The van der Waals surface area contributed by atoms with E-state index in [0.29, 0.717) is 16.6 Å². The molecule has 0 radical (unpaired) electrons. The summed E-state index contributed by atoms with van der Waals surface area (Å²) in [6, 6.07) is 5.60. The van der Waals surface area contributed by atoms with Gasteiger partial charge in [-0.05, 0) is 17.7 Å². The van der Waals surface area contributed by atoms with Crippen molar-refractivity contribution in [2.24, 2.45) is 0 Å². The SMILES string of the molecule is FC(F)(F)Oc1ccc(Cc2nccn2C(=S)S)cc1. The van der Waals surface area contributed by atoms with E-state index in [0.717, 1.165) is 5.56 Å². The maximum Gasteiger partial charge on any atom is 0.573 e. The van der Waals surface area contributed by atoms with E-state index < -0.39 is 6.36 Å². The van der Waals surface area contributed by atoms with Gasteiger partial charge in [0.2, 0.25) is 0 Å². The highest BCUT2D eigenvalue weighted by molar-refractivity contribution is 8.11. The van der Waals surface area contributed by atoms with E-state index >= 15 is 0 Å². The van der Waals surface area contributed by atoms with Crippen LogP contribution in [0.3, 0.4) is 0 Å². The number of nitrogens with zero attached hydrogens (tertiary/aromatic N) is 2. The first-order valence-electron chi connectivity index (χ1n) is 5.45. The zero-order valence-corrected chi connectivity index (χ0v) is 11.7. The van der Waals surface area contributed by atoms with Crippen molar-refractivity contribution in [2.75, 3.05) is 0 Å². The molecule has 0 aliphatic heterocycles. The molecular formula is C12H9F3N2OS2. The predicted octanol–water partition coefficient (Wildman–Crippen LogP) is 3.44. The number of benzene rings is 1. The van der Waals surface area contributed by atoms with Crippen LogP contribution in [-0.4, -0.2) is 20.2 Å². The van der Waals surface area contributed by atoms with E-state index in [1.807, 2.05) is 0 Å². The van der Waals surface area contributed by atoms with Crippen molar-refractivity contribution in [3.05, 3.63) is 48.0 Å². The third-order valence-corrected chi connectivity index (χ3v) is 2.85. The zero-order valence-electron chi connectivity index (χ0n) is 9.96. The summed E-state index contributed by atoms with van der Waals surface area (Å²) in [5.74, 6) is 0.406. The van der Waals surface area contributed by atoms with Crippen molar-refractivity contribution in [1.29, 1.82) is 0 Å². The van der Waals surface area contributed by atoms with Gasteiger partial charge in [-0.1, -0.05) is 24.4 Å². The van der Waals surface area contributed by atoms with Gasteiger partial charge in [-0.2, -0.15) is 0 Å². The zero-order chi connectivity index (χ0) is 14.8. The number of imidazole rings is 1. The molecule has 8 heteroatoms. The molecule has 0 saturated heterocycles. The van der Waals surface area contributed by atoms with Gasteiger partial charge in [0.25, 0.3) is 0 Å². The van der Waals surface area contributed by atoms with Crippen molar-refractivity contribution in [3.8, 4) is 5.75 Å². The molecule has 2 aromatic rings. The van der Waals surface area contributed by atoms with Crippen molar-refractivity contribution >= 4 is 29.2 Å². The monoisotopic (exact) mass is 318 g/mol. The summed E-state index contributed by atoms with van der Waals surface area (Å²) in [5.41, 5.74) is 0.788. The predicted molar refractivity (Wildman–Crippen MR) is 75.1 cm³/mol. The number of hydrogen-bond acceptors (Lipinski definition) is 3. The van der Waals surface area contributed by atoms with Gasteiger partial charge in [0.1, 0.15) is 15.9 Å². The van der Waals surface area contributed by atoms with Gasteiger partial charge in [-0.15, -0.1) is 25.8 Å². The molecule has 2 rings (SSSR count). The lowest BCUT2D eigenvalue weighted by atomic mass is 10.1. The van der Waals surface area contributed by atoms with Gasteiger partial charge in [0.05, 0.1) is 0 Å². The maximum atomic E-state index is 12.0. The van der Waals surface area contributed by atoms with Crippen molar-refractivity contribution < 1.29 is 17.9 Å². The fourth-order valence-electron chi connectivity index (χ4n) is 1.63. The lowest BCUT2D eigenvalue weighted by molar-refractivity contribution is -0.274. The summed E-state index contributed by atoms with van der Waals surface area (Å²) in [4.78, 5) is 4.13. The number of alkyl halides is 3. The van der Waals surface area contributed by atoms with E-state index in [1.165, 1.54) is 12.1 Å². The molecule has 0 fully saturated rings. The fraction of sp³-hybridized carbons (Fsp3) is 0.167. The number of thiol groups is 1. The molecule has 0 aliphatic rings. The lowest BCUT2D eigenvalue weighted by Crippen LogP contribution is -2.17. The Labute approximate surface area is 123 Å². The third-order valence-electron chi connectivity index (χ3n) is 2.44. The highest BCUT2D eigenvalue weighted by Gasteiger charge is 2.30. The van der Waals surface area contributed by atoms with Gasteiger partial charge >= 0.3 is 6.36 Å². The Hall–Kier alpha value is -1.54. The van der Waals surface area contributed by atoms with Crippen LogP contribution in [-0.2, 0) is 6.42 Å². The Morgan fingerprint density at radius 2 is 1.95 bits per heavy atom. The quantitative estimate of drug-likeness (QED) is 0.694. The van der Waals surface area contributed by atoms with Crippen molar-refractivity contribution in [2.45, 2.75) is 12.8 Å². The van der Waals surface area contributed by atoms with Crippen LogP contribution in [0.25, 0.3) is 0 Å². The third kappa shape index (κ3) is 3.97. The number of hydrogen-bond donors (Lipinski definition) is 1.